The number of nitrogens with zero attached hydrogens (tertiary/aromatic N) is 3. The number of unbranched alkanes of at least 4 members (excludes halogenated alkanes) is 2. The summed E-state index contributed by atoms with van der Waals surface area (Å²) in [7, 11) is -1.39. The SMILES string of the molecule is CCCCCNc1cc(C(=O)N(C)C2CCS(=O)(=O)C2)nc(C)n1. The fraction of sp³-hybridized carbons (Fsp3) is 0.688. The van der Waals surface area contributed by atoms with Crippen LogP contribution in [0, 0.1) is 6.92 Å². The Hall–Kier alpha value is -1.70. The molecule has 7 nitrogen and oxygen atoms in total. The Morgan fingerprint density at radius 1 is 1.38 bits per heavy atom. The van der Waals surface area contributed by atoms with Gasteiger partial charge in [0.25, 0.3) is 5.91 Å². The minimum Gasteiger partial charge on any atom is -0.370 e. The summed E-state index contributed by atoms with van der Waals surface area (Å²) in [5.74, 6) is 1.06. The molecule has 8 heteroatoms. The normalized spacial score (nSPS) is 19.2. The van der Waals surface area contributed by atoms with Crippen LogP contribution in [0.2, 0.25) is 0 Å². The van der Waals surface area contributed by atoms with E-state index in [1.54, 1.807) is 20.0 Å². The Morgan fingerprint density at radius 3 is 2.75 bits per heavy atom. The van der Waals surface area contributed by atoms with Gasteiger partial charge < -0.3 is 10.2 Å². The quantitative estimate of drug-likeness (QED) is 0.749. The molecule has 1 saturated heterocycles. The van der Waals surface area contributed by atoms with Crippen LogP contribution in [0.5, 0.6) is 0 Å². The third-order valence-electron chi connectivity index (χ3n) is 4.22. The van der Waals surface area contributed by atoms with Crippen LogP contribution in [0.15, 0.2) is 6.07 Å². The lowest BCUT2D eigenvalue weighted by atomic mass is 10.2. The van der Waals surface area contributed by atoms with E-state index in [2.05, 4.69) is 22.2 Å². The number of carbonyl (C=O) groups excluding carboxylic acids is 1. The van der Waals surface area contributed by atoms with Gasteiger partial charge >= 0.3 is 0 Å². The van der Waals surface area contributed by atoms with E-state index >= 15 is 0 Å². The molecule has 1 aliphatic heterocycles. The number of anilines is 1. The lowest BCUT2D eigenvalue weighted by Crippen LogP contribution is -2.38. The number of sulfone groups is 1. The number of hydrogen-bond donors (Lipinski definition) is 1. The van der Waals surface area contributed by atoms with Gasteiger partial charge in [0.2, 0.25) is 0 Å². The predicted octanol–water partition coefficient (Wildman–Crippen LogP) is 1.65. The lowest BCUT2D eigenvalue weighted by Gasteiger charge is -2.23. The molecule has 1 amide bonds. The molecule has 1 aromatic heterocycles. The Kier molecular flexibility index (Phi) is 6.15. The van der Waals surface area contributed by atoms with E-state index in [0.717, 1.165) is 25.8 Å². The highest BCUT2D eigenvalue weighted by atomic mass is 32.2. The van der Waals surface area contributed by atoms with E-state index in [4.69, 9.17) is 0 Å². The summed E-state index contributed by atoms with van der Waals surface area (Å²) in [6.45, 7) is 4.69. The van der Waals surface area contributed by atoms with Gasteiger partial charge in [0.05, 0.1) is 11.5 Å². The van der Waals surface area contributed by atoms with Crippen molar-refractivity contribution in [3.05, 3.63) is 17.6 Å². The van der Waals surface area contributed by atoms with Crippen molar-refractivity contribution in [2.24, 2.45) is 0 Å². The van der Waals surface area contributed by atoms with Gasteiger partial charge in [-0.15, -0.1) is 0 Å². The highest BCUT2D eigenvalue weighted by molar-refractivity contribution is 7.91. The Balaban J connectivity index is 2.07. The second-order valence-electron chi connectivity index (χ2n) is 6.29. The second kappa shape index (κ2) is 7.92. The van der Waals surface area contributed by atoms with Crippen LogP contribution in [0.25, 0.3) is 0 Å². The maximum absolute atomic E-state index is 12.6. The zero-order valence-corrected chi connectivity index (χ0v) is 15.4. The standard InChI is InChI=1S/C16H26N4O3S/c1-4-5-6-8-17-15-10-14(18-12(2)19-15)16(21)20(3)13-7-9-24(22,23)11-13/h10,13H,4-9,11H2,1-3H3,(H,17,18,19). The van der Waals surface area contributed by atoms with Crippen LogP contribution in [-0.4, -0.2) is 60.3 Å². The van der Waals surface area contributed by atoms with Crippen LogP contribution >= 0.6 is 0 Å². The minimum absolute atomic E-state index is 0.0292. The molecule has 24 heavy (non-hydrogen) atoms. The largest absolute Gasteiger partial charge is 0.370 e. The summed E-state index contributed by atoms with van der Waals surface area (Å²) >= 11 is 0. The maximum Gasteiger partial charge on any atom is 0.272 e. The van der Waals surface area contributed by atoms with Crippen molar-refractivity contribution in [2.75, 3.05) is 30.4 Å². The number of nitrogens with one attached hydrogen (secondary N) is 1. The van der Waals surface area contributed by atoms with Crippen LogP contribution in [-0.2, 0) is 9.84 Å². The predicted molar refractivity (Wildman–Crippen MR) is 93.9 cm³/mol. The number of amides is 1. The van der Waals surface area contributed by atoms with Crippen LogP contribution in [0.4, 0.5) is 5.82 Å². The van der Waals surface area contributed by atoms with Gasteiger partial charge in [0.15, 0.2) is 9.84 Å². The van der Waals surface area contributed by atoms with E-state index < -0.39 is 9.84 Å². The van der Waals surface area contributed by atoms with Crippen molar-refractivity contribution in [1.82, 2.24) is 14.9 Å². The molecule has 0 radical (unpaired) electrons. The van der Waals surface area contributed by atoms with Gasteiger partial charge in [0.1, 0.15) is 17.3 Å². The Morgan fingerprint density at radius 2 is 2.12 bits per heavy atom. The van der Waals surface area contributed by atoms with E-state index in [0.29, 0.717) is 23.8 Å². The smallest absolute Gasteiger partial charge is 0.272 e. The number of aromatic nitrogens is 2. The van der Waals surface area contributed by atoms with Crippen molar-refractivity contribution in [3.63, 3.8) is 0 Å². The molecule has 0 saturated carbocycles. The fourth-order valence-electron chi connectivity index (χ4n) is 2.79. The first-order chi connectivity index (χ1) is 11.3. The second-order valence-corrected chi connectivity index (χ2v) is 8.52. The van der Waals surface area contributed by atoms with Crippen molar-refractivity contribution >= 4 is 21.6 Å². The molecule has 2 heterocycles. The van der Waals surface area contributed by atoms with Gasteiger partial charge in [-0.3, -0.25) is 4.79 Å². The highest BCUT2D eigenvalue weighted by Crippen LogP contribution is 2.19. The average molecular weight is 354 g/mol. The third kappa shape index (κ3) is 4.90. The Labute approximate surface area is 143 Å². The topological polar surface area (TPSA) is 92.3 Å². The first-order valence-electron chi connectivity index (χ1n) is 8.39. The van der Waals surface area contributed by atoms with E-state index in [-0.39, 0.29) is 23.5 Å². The summed E-state index contributed by atoms with van der Waals surface area (Å²) < 4.78 is 23.2. The molecule has 0 aromatic carbocycles. The zero-order chi connectivity index (χ0) is 17.7. The zero-order valence-electron chi connectivity index (χ0n) is 14.6. The third-order valence-corrected chi connectivity index (χ3v) is 5.97. The van der Waals surface area contributed by atoms with Crippen molar-refractivity contribution in [1.29, 1.82) is 0 Å². The van der Waals surface area contributed by atoms with Gasteiger partial charge in [-0.25, -0.2) is 18.4 Å². The molecule has 0 bridgehead atoms. The molecule has 1 aromatic rings. The summed E-state index contributed by atoms with van der Waals surface area (Å²) in [4.78, 5) is 22.6. The van der Waals surface area contributed by atoms with Gasteiger partial charge in [-0.2, -0.15) is 0 Å². The first kappa shape index (κ1) is 18.6. The molecular weight excluding hydrogens is 328 g/mol. The number of hydrogen-bond acceptors (Lipinski definition) is 6. The van der Waals surface area contributed by atoms with Crippen molar-refractivity contribution < 1.29 is 13.2 Å². The summed E-state index contributed by atoms with van der Waals surface area (Å²) in [6, 6.07) is 1.36. The molecule has 1 fully saturated rings. The minimum atomic E-state index is -3.03. The lowest BCUT2D eigenvalue weighted by molar-refractivity contribution is 0.0741. The molecule has 1 atom stereocenters. The molecule has 2 rings (SSSR count). The first-order valence-corrected chi connectivity index (χ1v) is 10.2. The fourth-order valence-corrected chi connectivity index (χ4v) is 4.56. The molecule has 1 N–H and O–H groups in total. The average Bonchev–Trinajstić information content (AvgIpc) is 2.89. The van der Waals surface area contributed by atoms with E-state index in [1.807, 2.05) is 0 Å². The highest BCUT2D eigenvalue weighted by Gasteiger charge is 2.33. The number of rotatable bonds is 7. The summed E-state index contributed by atoms with van der Waals surface area (Å²) in [6.07, 6.45) is 3.81. The van der Waals surface area contributed by atoms with E-state index in [9.17, 15) is 13.2 Å². The van der Waals surface area contributed by atoms with E-state index in [1.165, 1.54) is 4.90 Å². The van der Waals surface area contributed by atoms with Crippen LogP contribution in [0.3, 0.4) is 0 Å². The molecule has 0 aliphatic carbocycles. The molecule has 1 unspecified atom stereocenters. The molecule has 1 aliphatic rings. The number of aryl methyl sites for hydroxylation is 1. The number of carbonyl (C=O) groups is 1. The Bertz CT molecular complexity index is 691. The molecule has 134 valence electrons. The van der Waals surface area contributed by atoms with Gasteiger partial charge in [-0.1, -0.05) is 19.8 Å². The van der Waals surface area contributed by atoms with Crippen LogP contribution in [0.1, 0.15) is 48.9 Å². The molecular formula is C16H26N4O3S. The summed E-state index contributed by atoms with van der Waals surface area (Å²) in [5.41, 5.74) is 0.298. The summed E-state index contributed by atoms with van der Waals surface area (Å²) in [5, 5.41) is 3.22. The van der Waals surface area contributed by atoms with Gasteiger partial charge in [-0.05, 0) is 19.8 Å². The van der Waals surface area contributed by atoms with Crippen molar-refractivity contribution in [3.8, 4) is 0 Å². The van der Waals surface area contributed by atoms with Crippen molar-refractivity contribution in [2.45, 2.75) is 45.6 Å². The monoisotopic (exact) mass is 354 g/mol. The van der Waals surface area contributed by atoms with Gasteiger partial charge in [0, 0.05) is 25.7 Å². The van der Waals surface area contributed by atoms with Crippen LogP contribution < -0.4 is 5.32 Å². The molecule has 0 spiro atoms. The maximum atomic E-state index is 12.6.